The highest BCUT2D eigenvalue weighted by molar-refractivity contribution is 14.0. The van der Waals surface area contributed by atoms with Gasteiger partial charge in [-0.1, -0.05) is 12.8 Å². The van der Waals surface area contributed by atoms with Gasteiger partial charge in [-0.25, -0.2) is 0 Å². The third-order valence-electron chi connectivity index (χ3n) is 3.83. The van der Waals surface area contributed by atoms with Gasteiger partial charge in [0, 0.05) is 26.1 Å². The highest BCUT2D eigenvalue weighted by Gasteiger charge is 2.10. The van der Waals surface area contributed by atoms with Gasteiger partial charge in [0.1, 0.15) is 11.5 Å². The molecule has 1 aromatic rings. The Bertz CT molecular complexity index is 457. The molecule has 0 aliphatic carbocycles. The molecule has 5 nitrogen and oxygen atoms in total. The van der Waals surface area contributed by atoms with E-state index in [4.69, 9.17) is 15.2 Å². The topological polar surface area (TPSA) is 60.1 Å². The molecule has 2 N–H and O–H groups in total. The van der Waals surface area contributed by atoms with Gasteiger partial charge in [0.15, 0.2) is 5.96 Å². The summed E-state index contributed by atoms with van der Waals surface area (Å²) in [6, 6.07) is 7.61. The zero-order valence-corrected chi connectivity index (χ0v) is 16.2. The SMILES string of the molecule is COc1ccc(OCCCN=C(N)N2CCCCCC2)cc1.I. The van der Waals surface area contributed by atoms with Crippen LogP contribution in [0.3, 0.4) is 0 Å². The number of aliphatic imine (C=N–C) groups is 1. The third-order valence-corrected chi connectivity index (χ3v) is 3.83. The zero-order chi connectivity index (χ0) is 15.6. The normalized spacial score (nSPS) is 15.5. The summed E-state index contributed by atoms with van der Waals surface area (Å²) in [6.07, 6.45) is 5.91. The summed E-state index contributed by atoms with van der Waals surface area (Å²) in [5.74, 6) is 2.37. The first-order chi connectivity index (χ1) is 10.8. The van der Waals surface area contributed by atoms with E-state index in [-0.39, 0.29) is 24.0 Å². The van der Waals surface area contributed by atoms with Gasteiger partial charge < -0.3 is 20.1 Å². The molecule has 1 heterocycles. The molecule has 1 aliphatic rings. The number of likely N-dealkylation sites (tertiary alicyclic amines) is 1. The molecule has 0 atom stereocenters. The smallest absolute Gasteiger partial charge is 0.191 e. The summed E-state index contributed by atoms with van der Waals surface area (Å²) in [4.78, 5) is 6.67. The number of halogens is 1. The quantitative estimate of drug-likeness (QED) is 0.324. The minimum absolute atomic E-state index is 0. The zero-order valence-electron chi connectivity index (χ0n) is 13.9. The van der Waals surface area contributed by atoms with Crippen LogP contribution >= 0.6 is 24.0 Å². The molecule has 0 aromatic heterocycles. The van der Waals surface area contributed by atoms with E-state index >= 15 is 0 Å². The van der Waals surface area contributed by atoms with Crippen LogP contribution in [0.4, 0.5) is 0 Å². The van der Waals surface area contributed by atoms with Crippen molar-refractivity contribution < 1.29 is 9.47 Å². The molecule has 1 aliphatic heterocycles. The van der Waals surface area contributed by atoms with E-state index in [0.717, 1.165) is 31.0 Å². The standard InChI is InChI=1S/C17H27N3O2.HI/c1-21-15-7-9-16(10-8-15)22-14-6-11-19-17(18)20-12-4-2-3-5-13-20;/h7-10H,2-6,11-14H2,1H3,(H2,18,19);1H. The van der Waals surface area contributed by atoms with Gasteiger partial charge in [0.2, 0.25) is 0 Å². The van der Waals surface area contributed by atoms with E-state index in [2.05, 4.69) is 9.89 Å². The summed E-state index contributed by atoms with van der Waals surface area (Å²) >= 11 is 0. The maximum atomic E-state index is 6.06. The monoisotopic (exact) mass is 433 g/mol. The van der Waals surface area contributed by atoms with Crippen molar-refractivity contribution in [2.75, 3.05) is 33.4 Å². The fraction of sp³-hybridized carbons (Fsp3) is 0.588. The Labute approximate surface area is 156 Å². The Kier molecular flexibility index (Phi) is 9.82. The number of methoxy groups -OCH3 is 1. The van der Waals surface area contributed by atoms with Crippen molar-refractivity contribution in [2.24, 2.45) is 10.7 Å². The van der Waals surface area contributed by atoms with Gasteiger partial charge in [-0.05, 0) is 37.1 Å². The van der Waals surface area contributed by atoms with Crippen LogP contribution in [-0.4, -0.2) is 44.2 Å². The van der Waals surface area contributed by atoms with Crippen molar-refractivity contribution in [1.82, 2.24) is 4.90 Å². The lowest BCUT2D eigenvalue weighted by Gasteiger charge is -2.21. The minimum Gasteiger partial charge on any atom is -0.497 e. The van der Waals surface area contributed by atoms with E-state index in [1.54, 1.807) is 7.11 Å². The molecule has 1 saturated heterocycles. The van der Waals surface area contributed by atoms with Crippen LogP contribution < -0.4 is 15.2 Å². The Balaban J connectivity index is 0.00000264. The maximum absolute atomic E-state index is 6.06. The van der Waals surface area contributed by atoms with Gasteiger partial charge in [0.25, 0.3) is 0 Å². The largest absolute Gasteiger partial charge is 0.497 e. The second-order valence-electron chi connectivity index (χ2n) is 5.52. The van der Waals surface area contributed by atoms with E-state index in [1.807, 2.05) is 24.3 Å². The average molecular weight is 433 g/mol. The van der Waals surface area contributed by atoms with Crippen molar-refractivity contribution in [3.8, 4) is 11.5 Å². The van der Waals surface area contributed by atoms with E-state index in [1.165, 1.54) is 25.7 Å². The maximum Gasteiger partial charge on any atom is 0.191 e. The summed E-state index contributed by atoms with van der Waals surface area (Å²) in [7, 11) is 1.66. The number of ether oxygens (including phenoxy) is 2. The van der Waals surface area contributed by atoms with Gasteiger partial charge in [-0.2, -0.15) is 0 Å². The van der Waals surface area contributed by atoms with Crippen LogP contribution in [-0.2, 0) is 0 Å². The highest BCUT2D eigenvalue weighted by Crippen LogP contribution is 2.17. The predicted molar refractivity (Wildman–Crippen MR) is 105 cm³/mol. The molecule has 1 aromatic carbocycles. The molecular formula is C17H28IN3O2. The molecule has 130 valence electrons. The lowest BCUT2D eigenvalue weighted by Crippen LogP contribution is -2.38. The molecule has 0 bridgehead atoms. The number of guanidine groups is 1. The van der Waals surface area contributed by atoms with Gasteiger partial charge in [-0.15, -0.1) is 24.0 Å². The first kappa shape index (κ1) is 19.9. The number of hydrogen-bond donors (Lipinski definition) is 1. The van der Waals surface area contributed by atoms with Crippen LogP contribution in [0.1, 0.15) is 32.1 Å². The highest BCUT2D eigenvalue weighted by atomic mass is 127. The van der Waals surface area contributed by atoms with Gasteiger partial charge in [0.05, 0.1) is 13.7 Å². The number of rotatable bonds is 6. The van der Waals surface area contributed by atoms with E-state index < -0.39 is 0 Å². The molecule has 0 unspecified atom stereocenters. The molecule has 0 radical (unpaired) electrons. The Morgan fingerprint density at radius 2 is 1.70 bits per heavy atom. The molecule has 23 heavy (non-hydrogen) atoms. The van der Waals surface area contributed by atoms with Crippen molar-refractivity contribution >= 4 is 29.9 Å². The van der Waals surface area contributed by atoms with Crippen LogP contribution in [0.15, 0.2) is 29.3 Å². The van der Waals surface area contributed by atoms with Crippen molar-refractivity contribution in [3.63, 3.8) is 0 Å². The lowest BCUT2D eigenvalue weighted by atomic mass is 10.2. The fourth-order valence-corrected chi connectivity index (χ4v) is 2.52. The van der Waals surface area contributed by atoms with Crippen LogP contribution in [0, 0.1) is 0 Å². The minimum atomic E-state index is 0. The van der Waals surface area contributed by atoms with E-state index in [0.29, 0.717) is 19.1 Å². The fourth-order valence-electron chi connectivity index (χ4n) is 2.52. The first-order valence-electron chi connectivity index (χ1n) is 8.11. The Hall–Kier alpha value is -1.18. The third kappa shape index (κ3) is 7.28. The second kappa shape index (κ2) is 11.4. The number of hydrogen-bond acceptors (Lipinski definition) is 3. The summed E-state index contributed by atoms with van der Waals surface area (Å²) in [5.41, 5.74) is 6.06. The average Bonchev–Trinajstić information content (AvgIpc) is 2.84. The van der Waals surface area contributed by atoms with Crippen molar-refractivity contribution in [2.45, 2.75) is 32.1 Å². The van der Waals surface area contributed by atoms with Crippen LogP contribution in [0.5, 0.6) is 11.5 Å². The summed E-state index contributed by atoms with van der Waals surface area (Å²) < 4.78 is 10.8. The Morgan fingerprint density at radius 3 is 2.30 bits per heavy atom. The second-order valence-corrected chi connectivity index (χ2v) is 5.52. The van der Waals surface area contributed by atoms with Crippen molar-refractivity contribution in [3.05, 3.63) is 24.3 Å². The van der Waals surface area contributed by atoms with Gasteiger partial charge in [-0.3, -0.25) is 4.99 Å². The first-order valence-corrected chi connectivity index (χ1v) is 8.11. The molecule has 2 rings (SSSR count). The Morgan fingerprint density at radius 1 is 1.09 bits per heavy atom. The van der Waals surface area contributed by atoms with E-state index in [9.17, 15) is 0 Å². The number of benzene rings is 1. The molecular weight excluding hydrogens is 405 g/mol. The number of nitrogens with zero attached hydrogens (tertiary/aromatic N) is 2. The molecule has 0 saturated carbocycles. The van der Waals surface area contributed by atoms with Crippen LogP contribution in [0.2, 0.25) is 0 Å². The van der Waals surface area contributed by atoms with Gasteiger partial charge >= 0.3 is 0 Å². The predicted octanol–water partition coefficient (Wildman–Crippen LogP) is 3.27. The summed E-state index contributed by atoms with van der Waals surface area (Å²) in [6.45, 7) is 3.43. The molecule has 0 amide bonds. The molecule has 6 heteroatoms. The number of nitrogens with two attached hydrogens (primary N) is 1. The summed E-state index contributed by atoms with van der Waals surface area (Å²) in [5, 5.41) is 0. The molecule has 1 fully saturated rings. The lowest BCUT2D eigenvalue weighted by molar-refractivity contribution is 0.312. The van der Waals surface area contributed by atoms with Crippen LogP contribution in [0.25, 0.3) is 0 Å². The molecule has 0 spiro atoms. The van der Waals surface area contributed by atoms with Crippen molar-refractivity contribution in [1.29, 1.82) is 0 Å².